The van der Waals surface area contributed by atoms with Crippen molar-refractivity contribution in [3.8, 4) is 0 Å². The summed E-state index contributed by atoms with van der Waals surface area (Å²) in [6, 6.07) is 0.566. The SMILES string of the molecule is CC(C)(C)c1nnc(CNC2CC3CCC2(C)C3(C)C)o1. The van der Waals surface area contributed by atoms with E-state index in [1.807, 2.05) is 0 Å². The van der Waals surface area contributed by atoms with Crippen LogP contribution in [0.1, 0.15) is 72.6 Å². The second-order valence-electron chi connectivity index (χ2n) is 8.79. The molecule has 1 N–H and O–H groups in total. The molecule has 2 aliphatic rings. The van der Waals surface area contributed by atoms with Crippen molar-refractivity contribution in [1.82, 2.24) is 15.5 Å². The quantitative estimate of drug-likeness (QED) is 0.923. The summed E-state index contributed by atoms with van der Waals surface area (Å²) in [5.41, 5.74) is 0.756. The Morgan fingerprint density at radius 3 is 2.43 bits per heavy atom. The lowest BCUT2D eigenvalue weighted by Gasteiger charge is -2.39. The van der Waals surface area contributed by atoms with Crippen molar-refractivity contribution in [3.05, 3.63) is 11.8 Å². The Bertz CT molecular complexity index is 528. The molecular weight excluding hydrogens is 262 g/mol. The summed E-state index contributed by atoms with van der Waals surface area (Å²) in [5, 5.41) is 12.0. The Hall–Kier alpha value is -0.900. The van der Waals surface area contributed by atoms with Gasteiger partial charge in [0.1, 0.15) is 0 Å². The second kappa shape index (κ2) is 4.55. The summed E-state index contributed by atoms with van der Waals surface area (Å²) < 4.78 is 5.79. The van der Waals surface area contributed by atoms with E-state index in [4.69, 9.17) is 4.42 Å². The van der Waals surface area contributed by atoms with Crippen LogP contribution in [0.2, 0.25) is 0 Å². The van der Waals surface area contributed by atoms with Crippen LogP contribution in [0.25, 0.3) is 0 Å². The van der Waals surface area contributed by atoms with Gasteiger partial charge in [0.05, 0.1) is 6.54 Å². The van der Waals surface area contributed by atoms with Crippen molar-refractivity contribution in [2.45, 2.75) is 78.8 Å². The molecule has 0 spiro atoms. The van der Waals surface area contributed by atoms with Crippen LogP contribution in [0.3, 0.4) is 0 Å². The predicted molar refractivity (Wildman–Crippen MR) is 82.9 cm³/mol. The predicted octanol–water partition coefficient (Wildman–Crippen LogP) is 3.67. The van der Waals surface area contributed by atoms with Gasteiger partial charge in [0, 0.05) is 11.5 Å². The lowest BCUT2D eigenvalue weighted by Crippen LogP contribution is -2.44. The topological polar surface area (TPSA) is 51.0 Å². The molecule has 21 heavy (non-hydrogen) atoms. The normalized spacial score (nSPS) is 34.6. The van der Waals surface area contributed by atoms with E-state index in [0.717, 1.165) is 11.8 Å². The summed E-state index contributed by atoms with van der Waals surface area (Å²) in [7, 11) is 0. The molecule has 2 bridgehead atoms. The van der Waals surface area contributed by atoms with Crippen LogP contribution >= 0.6 is 0 Å². The van der Waals surface area contributed by atoms with Crippen LogP contribution in [-0.4, -0.2) is 16.2 Å². The number of nitrogens with one attached hydrogen (secondary N) is 1. The van der Waals surface area contributed by atoms with Crippen molar-refractivity contribution in [1.29, 1.82) is 0 Å². The van der Waals surface area contributed by atoms with Crippen molar-refractivity contribution in [3.63, 3.8) is 0 Å². The largest absolute Gasteiger partial charge is 0.423 e. The zero-order chi connectivity index (χ0) is 15.5. The molecule has 2 aliphatic carbocycles. The van der Waals surface area contributed by atoms with Gasteiger partial charge in [-0.25, -0.2) is 0 Å². The van der Waals surface area contributed by atoms with Gasteiger partial charge in [-0.1, -0.05) is 41.5 Å². The molecule has 3 unspecified atom stereocenters. The van der Waals surface area contributed by atoms with Crippen LogP contribution < -0.4 is 5.32 Å². The molecule has 0 amide bonds. The third-order valence-electron chi connectivity index (χ3n) is 6.40. The van der Waals surface area contributed by atoms with Crippen molar-refractivity contribution < 1.29 is 4.42 Å². The molecule has 3 rings (SSSR count). The van der Waals surface area contributed by atoms with E-state index >= 15 is 0 Å². The van der Waals surface area contributed by atoms with Crippen LogP contribution in [0.15, 0.2) is 4.42 Å². The van der Waals surface area contributed by atoms with Gasteiger partial charge in [0.25, 0.3) is 0 Å². The molecule has 4 nitrogen and oxygen atoms in total. The molecule has 0 aromatic carbocycles. The maximum Gasteiger partial charge on any atom is 0.230 e. The molecule has 1 heterocycles. The summed E-state index contributed by atoms with van der Waals surface area (Å²) in [5.74, 6) is 2.29. The van der Waals surface area contributed by atoms with Gasteiger partial charge in [-0.2, -0.15) is 0 Å². The van der Waals surface area contributed by atoms with Gasteiger partial charge in [-0.05, 0) is 36.0 Å². The molecule has 1 aromatic rings. The van der Waals surface area contributed by atoms with Gasteiger partial charge in [0.15, 0.2) is 0 Å². The standard InChI is InChI=1S/C17H29N3O/c1-15(2,3)14-20-19-13(21-14)10-18-12-9-11-7-8-17(12,6)16(11,4)5/h11-12,18H,7-10H2,1-6H3. The van der Waals surface area contributed by atoms with Crippen molar-refractivity contribution in [2.24, 2.45) is 16.7 Å². The fraction of sp³-hybridized carbons (Fsp3) is 0.882. The number of aromatic nitrogens is 2. The maximum atomic E-state index is 5.79. The number of rotatable bonds is 3. The molecule has 0 radical (unpaired) electrons. The van der Waals surface area contributed by atoms with Crippen molar-refractivity contribution >= 4 is 0 Å². The van der Waals surface area contributed by atoms with E-state index in [0.29, 0.717) is 29.3 Å². The summed E-state index contributed by atoms with van der Waals surface area (Å²) in [6.45, 7) is 14.3. The first-order chi connectivity index (χ1) is 9.64. The van der Waals surface area contributed by atoms with Crippen LogP contribution in [0.4, 0.5) is 0 Å². The highest BCUT2D eigenvalue weighted by molar-refractivity contribution is 5.13. The highest BCUT2D eigenvalue weighted by Crippen LogP contribution is 2.65. The fourth-order valence-electron chi connectivity index (χ4n) is 4.35. The molecule has 2 fully saturated rings. The van der Waals surface area contributed by atoms with E-state index in [1.165, 1.54) is 19.3 Å². The van der Waals surface area contributed by atoms with Gasteiger partial charge < -0.3 is 9.73 Å². The summed E-state index contributed by atoms with van der Waals surface area (Å²) in [4.78, 5) is 0. The van der Waals surface area contributed by atoms with Crippen LogP contribution in [-0.2, 0) is 12.0 Å². The Labute approximate surface area is 128 Å². The Kier molecular flexibility index (Phi) is 3.25. The minimum Gasteiger partial charge on any atom is -0.423 e. The van der Waals surface area contributed by atoms with E-state index in [-0.39, 0.29) is 5.41 Å². The summed E-state index contributed by atoms with van der Waals surface area (Å²) >= 11 is 0. The molecule has 3 atom stereocenters. The summed E-state index contributed by atoms with van der Waals surface area (Å²) in [6.07, 6.45) is 4.00. The van der Waals surface area contributed by atoms with E-state index < -0.39 is 0 Å². The molecule has 0 aliphatic heterocycles. The third kappa shape index (κ3) is 2.23. The Morgan fingerprint density at radius 1 is 1.24 bits per heavy atom. The smallest absolute Gasteiger partial charge is 0.230 e. The van der Waals surface area contributed by atoms with E-state index in [2.05, 4.69) is 57.1 Å². The van der Waals surface area contributed by atoms with Gasteiger partial charge in [0.2, 0.25) is 11.8 Å². The minimum absolute atomic E-state index is 0.0777. The van der Waals surface area contributed by atoms with Gasteiger partial charge in [-0.3, -0.25) is 0 Å². The zero-order valence-corrected chi connectivity index (χ0v) is 14.3. The first-order valence-electron chi connectivity index (χ1n) is 8.21. The van der Waals surface area contributed by atoms with Crippen LogP contribution in [0, 0.1) is 16.7 Å². The second-order valence-corrected chi connectivity index (χ2v) is 8.79. The first kappa shape index (κ1) is 15.0. The fourth-order valence-corrected chi connectivity index (χ4v) is 4.35. The maximum absolute atomic E-state index is 5.79. The number of hydrogen-bond acceptors (Lipinski definition) is 4. The Balaban J connectivity index is 1.66. The highest BCUT2D eigenvalue weighted by atomic mass is 16.4. The lowest BCUT2D eigenvalue weighted by molar-refractivity contribution is 0.119. The Morgan fingerprint density at radius 2 is 1.95 bits per heavy atom. The molecular formula is C17H29N3O. The number of nitrogens with zero attached hydrogens (tertiary/aromatic N) is 2. The van der Waals surface area contributed by atoms with E-state index in [9.17, 15) is 0 Å². The third-order valence-corrected chi connectivity index (χ3v) is 6.40. The monoisotopic (exact) mass is 291 g/mol. The number of hydrogen-bond donors (Lipinski definition) is 1. The van der Waals surface area contributed by atoms with Gasteiger partial charge >= 0.3 is 0 Å². The molecule has 2 saturated carbocycles. The molecule has 4 heteroatoms. The van der Waals surface area contributed by atoms with Crippen LogP contribution in [0.5, 0.6) is 0 Å². The first-order valence-corrected chi connectivity index (χ1v) is 8.21. The highest BCUT2D eigenvalue weighted by Gasteiger charge is 2.61. The number of fused-ring (bicyclic) bond motifs is 2. The average Bonchev–Trinajstić information content (AvgIpc) is 2.97. The average molecular weight is 291 g/mol. The molecule has 118 valence electrons. The molecule has 0 saturated heterocycles. The zero-order valence-electron chi connectivity index (χ0n) is 14.3. The van der Waals surface area contributed by atoms with Gasteiger partial charge in [-0.15, -0.1) is 10.2 Å². The molecule has 1 aromatic heterocycles. The van der Waals surface area contributed by atoms with E-state index in [1.54, 1.807) is 0 Å². The lowest BCUT2D eigenvalue weighted by atomic mass is 9.69. The minimum atomic E-state index is -0.0777. The van der Waals surface area contributed by atoms with Crippen molar-refractivity contribution in [2.75, 3.05) is 0 Å².